The Morgan fingerprint density at radius 3 is 2.89 bits per heavy atom. The second-order valence-electron chi connectivity index (χ2n) is 6.96. The Kier molecular flexibility index (Phi) is 5.40. The van der Waals surface area contributed by atoms with E-state index in [1.807, 2.05) is 18.2 Å². The molecule has 1 N–H and O–H groups in total. The standard InChI is InChI=1S/C21H23N3O3S/c1-3-11-27-17-12-14(7-8-16(17)26-2)15-13-18(25)22-20-19(15)28-21(23-20)24-9-5-4-6-10-24/h1,7-8,12,15H,4-6,9-11,13H2,2H3,(H,22,25). The second-order valence-corrected chi connectivity index (χ2v) is 7.97. The fourth-order valence-corrected chi connectivity index (χ4v) is 4.94. The van der Waals surface area contributed by atoms with Gasteiger partial charge in [0.05, 0.1) is 12.0 Å². The number of carbonyl (C=O) groups is 1. The van der Waals surface area contributed by atoms with E-state index in [4.69, 9.17) is 20.9 Å². The number of carbonyl (C=O) groups excluding carboxylic acids is 1. The molecule has 1 aromatic carbocycles. The van der Waals surface area contributed by atoms with Crippen LogP contribution in [0.3, 0.4) is 0 Å². The Hall–Kier alpha value is -2.72. The average molecular weight is 398 g/mol. The highest BCUT2D eigenvalue weighted by atomic mass is 32.1. The molecular formula is C21H23N3O3S. The lowest BCUT2D eigenvalue weighted by molar-refractivity contribution is -0.116. The number of hydrogen-bond acceptors (Lipinski definition) is 6. The van der Waals surface area contributed by atoms with Gasteiger partial charge in [0.15, 0.2) is 16.6 Å². The van der Waals surface area contributed by atoms with Crippen LogP contribution in [-0.2, 0) is 4.79 Å². The largest absolute Gasteiger partial charge is 0.493 e. The van der Waals surface area contributed by atoms with Crippen molar-refractivity contribution in [1.82, 2.24) is 4.98 Å². The summed E-state index contributed by atoms with van der Waals surface area (Å²) in [6.07, 6.45) is 9.36. The van der Waals surface area contributed by atoms with Gasteiger partial charge in [-0.15, -0.1) is 6.42 Å². The van der Waals surface area contributed by atoms with Gasteiger partial charge in [0.1, 0.15) is 12.4 Å². The molecular weight excluding hydrogens is 374 g/mol. The zero-order valence-corrected chi connectivity index (χ0v) is 16.7. The van der Waals surface area contributed by atoms with Crippen molar-refractivity contribution in [3.8, 4) is 23.8 Å². The van der Waals surface area contributed by atoms with E-state index in [-0.39, 0.29) is 18.4 Å². The molecule has 2 aliphatic rings. The van der Waals surface area contributed by atoms with Gasteiger partial charge in [0, 0.05) is 25.4 Å². The van der Waals surface area contributed by atoms with Crippen molar-refractivity contribution in [2.45, 2.75) is 31.6 Å². The number of thiazole rings is 1. The minimum atomic E-state index is -0.0566. The predicted octanol–water partition coefficient (Wildman–Crippen LogP) is 3.63. The van der Waals surface area contributed by atoms with E-state index in [0.717, 1.165) is 28.7 Å². The Balaban J connectivity index is 1.68. The van der Waals surface area contributed by atoms with Gasteiger partial charge in [-0.2, -0.15) is 0 Å². The van der Waals surface area contributed by atoms with E-state index in [1.165, 1.54) is 19.3 Å². The first-order valence-corrected chi connectivity index (χ1v) is 10.3. The number of benzene rings is 1. The number of aromatic nitrogens is 1. The molecule has 1 fully saturated rings. The maximum atomic E-state index is 12.3. The van der Waals surface area contributed by atoms with Crippen molar-refractivity contribution in [2.24, 2.45) is 0 Å². The minimum Gasteiger partial charge on any atom is -0.493 e. The molecule has 0 bridgehead atoms. The molecule has 0 radical (unpaired) electrons. The minimum absolute atomic E-state index is 0.0186. The summed E-state index contributed by atoms with van der Waals surface area (Å²) >= 11 is 1.68. The number of methoxy groups -OCH3 is 1. The first-order valence-electron chi connectivity index (χ1n) is 9.49. The zero-order valence-electron chi connectivity index (χ0n) is 15.9. The number of hydrogen-bond donors (Lipinski definition) is 1. The molecule has 0 spiro atoms. The molecule has 2 aromatic rings. The molecule has 146 valence electrons. The summed E-state index contributed by atoms with van der Waals surface area (Å²) in [5.74, 6) is 4.30. The lowest BCUT2D eigenvalue weighted by Gasteiger charge is -2.25. The van der Waals surface area contributed by atoms with Crippen LogP contribution in [0.15, 0.2) is 18.2 Å². The van der Waals surface area contributed by atoms with Crippen molar-refractivity contribution in [1.29, 1.82) is 0 Å². The number of ether oxygens (including phenoxy) is 2. The van der Waals surface area contributed by atoms with E-state index in [9.17, 15) is 4.79 Å². The summed E-state index contributed by atoms with van der Waals surface area (Å²) in [5, 5.41) is 3.94. The van der Waals surface area contributed by atoms with E-state index in [0.29, 0.717) is 23.7 Å². The van der Waals surface area contributed by atoms with E-state index in [1.54, 1.807) is 18.4 Å². The number of piperidine rings is 1. The summed E-state index contributed by atoms with van der Waals surface area (Å²) in [4.78, 5) is 20.5. The number of terminal acetylenes is 1. The van der Waals surface area contributed by atoms with Crippen LogP contribution in [-0.4, -0.2) is 37.7 Å². The van der Waals surface area contributed by atoms with Crippen LogP contribution in [0.5, 0.6) is 11.5 Å². The molecule has 1 saturated heterocycles. The quantitative estimate of drug-likeness (QED) is 0.781. The summed E-state index contributed by atoms with van der Waals surface area (Å²) in [6.45, 7) is 2.21. The Morgan fingerprint density at radius 1 is 1.32 bits per heavy atom. The summed E-state index contributed by atoms with van der Waals surface area (Å²) in [6, 6.07) is 5.76. The zero-order chi connectivity index (χ0) is 19.5. The van der Waals surface area contributed by atoms with Gasteiger partial charge in [-0.1, -0.05) is 23.3 Å². The highest BCUT2D eigenvalue weighted by molar-refractivity contribution is 7.16. The van der Waals surface area contributed by atoms with Crippen LogP contribution in [0.1, 0.15) is 42.0 Å². The van der Waals surface area contributed by atoms with Crippen LogP contribution in [0.25, 0.3) is 0 Å². The fourth-order valence-electron chi connectivity index (χ4n) is 3.74. The highest BCUT2D eigenvalue weighted by Crippen LogP contribution is 2.45. The van der Waals surface area contributed by atoms with Crippen molar-refractivity contribution in [2.75, 3.05) is 37.0 Å². The first kappa shape index (κ1) is 18.6. The van der Waals surface area contributed by atoms with E-state index < -0.39 is 0 Å². The molecule has 4 rings (SSSR count). The number of fused-ring (bicyclic) bond motifs is 1. The average Bonchev–Trinajstić information content (AvgIpc) is 3.16. The molecule has 2 aliphatic heterocycles. The number of anilines is 2. The predicted molar refractivity (Wildman–Crippen MR) is 111 cm³/mol. The Labute approximate surface area is 168 Å². The number of nitrogens with one attached hydrogen (secondary N) is 1. The monoisotopic (exact) mass is 397 g/mol. The summed E-state index contributed by atoms with van der Waals surface area (Å²) < 4.78 is 11.0. The number of rotatable bonds is 5. The summed E-state index contributed by atoms with van der Waals surface area (Å²) in [5.41, 5.74) is 0.998. The Bertz CT molecular complexity index is 912. The SMILES string of the molecule is C#CCOc1cc(C2CC(=O)Nc3nc(N4CCCCC4)sc32)ccc1OC. The van der Waals surface area contributed by atoms with Gasteiger partial charge in [-0.25, -0.2) is 4.98 Å². The van der Waals surface area contributed by atoms with Gasteiger partial charge in [-0.05, 0) is 37.0 Å². The van der Waals surface area contributed by atoms with Crippen LogP contribution in [0.4, 0.5) is 10.9 Å². The van der Waals surface area contributed by atoms with Gasteiger partial charge >= 0.3 is 0 Å². The van der Waals surface area contributed by atoms with Crippen molar-refractivity contribution < 1.29 is 14.3 Å². The van der Waals surface area contributed by atoms with Crippen LogP contribution >= 0.6 is 11.3 Å². The van der Waals surface area contributed by atoms with Gasteiger partial charge < -0.3 is 19.7 Å². The maximum Gasteiger partial charge on any atom is 0.226 e. The highest BCUT2D eigenvalue weighted by Gasteiger charge is 2.32. The first-order chi connectivity index (χ1) is 13.7. The van der Waals surface area contributed by atoms with Crippen molar-refractivity contribution in [3.05, 3.63) is 28.6 Å². The van der Waals surface area contributed by atoms with E-state index in [2.05, 4.69) is 16.1 Å². The van der Waals surface area contributed by atoms with Crippen LogP contribution in [0, 0.1) is 12.3 Å². The lowest BCUT2D eigenvalue weighted by atomic mass is 9.91. The van der Waals surface area contributed by atoms with Gasteiger partial charge in [0.2, 0.25) is 5.91 Å². The van der Waals surface area contributed by atoms with Gasteiger partial charge in [-0.3, -0.25) is 4.79 Å². The third-order valence-electron chi connectivity index (χ3n) is 5.13. The molecule has 1 unspecified atom stereocenters. The smallest absolute Gasteiger partial charge is 0.226 e. The normalized spacial score (nSPS) is 18.8. The van der Waals surface area contributed by atoms with Crippen molar-refractivity contribution >= 4 is 28.2 Å². The molecule has 6 nitrogen and oxygen atoms in total. The van der Waals surface area contributed by atoms with Crippen LogP contribution in [0.2, 0.25) is 0 Å². The van der Waals surface area contributed by atoms with Gasteiger partial charge in [0.25, 0.3) is 0 Å². The summed E-state index contributed by atoms with van der Waals surface area (Å²) in [7, 11) is 1.60. The van der Waals surface area contributed by atoms with Crippen LogP contribution < -0.4 is 19.7 Å². The molecule has 0 saturated carbocycles. The Morgan fingerprint density at radius 2 is 2.14 bits per heavy atom. The lowest BCUT2D eigenvalue weighted by Crippen LogP contribution is -2.29. The second kappa shape index (κ2) is 8.11. The molecule has 1 amide bonds. The third kappa shape index (κ3) is 3.65. The molecule has 0 aliphatic carbocycles. The third-order valence-corrected chi connectivity index (χ3v) is 6.36. The molecule has 1 aromatic heterocycles. The number of nitrogens with zero attached hydrogens (tertiary/aromatic N) is 2. The fraction of sp³-hybridized carbons (Fsp3) is 0.429. The molecule has 7 heteroatoms. The van der Waals surface area contributed by atoms with E-state index >= 15 is 0 Å². The topological polar surface area (TPSA) is 63.7 Å². The molecule has 1 atom stereocenters. The molecule has 28 heavy (non-hydrogen) atoms. The van der Waals surface area contributed by atoms with Crippen molar-refractivity contribution in [3.63, 3.8) is 0 Å². The number of amides is 1. The molecule has 3 heterocycles. The maximum absolute atomic E-state index is 12.3.